The van der Waals surface area contributed by atoms with Gasteiger partial charge in [-0.25, -0.2) is 9.59 Å². The number of carbonyl (C=O) groups is 2. The molecule has 0 saturated carbocycles. The van der Waals surface area contributed by atoms with Gasteiger partial charge in [0.1, 0.15) is 6.04 Å². The third-order valence-corrected chi connectivity index (χ3v) is 2.97. The maximum absolute atomic E-state index is 11.9. The third kappa shape index (κ3) is 4.52. The number of nitrogens with one attached hydrogen (secondary N) is 1. The first-order chi connectivity index (χ1) is 8.54. The molecule has 0 aromatic carbocycles. The summed E-state index contributed by atoms with van der Waals surface area (Å²) >= 11 is 0. The molecule has 1 heterocycles. The van der Waals surface area contributed by atoms with Crippen molar-refractivity contribution in [3.63, 3.8) is 0 Å². The molecule has 0 radical (unpaired) electrons. The normalized spacial score (nSPS) is 21.4. The molecule has 0 spiro atoms. The summed E-state index contributed by atoms with van der Waals surface area (Å²) in [6.07, 6.45) is 2.17. The Bertz CT molecular complexity index is 296. The van der Waals surface area contributed by atoms with Crippen LogP contribution >= 0.6 is 0 Å². The Morgan fingerprint density at radius 3 is 2.83 bits per heavy atom. The summed E-state index contributed by atoms with van der Waals surface area (Å²) in [5.41, 5.74) is 0. The van der Waals surface area contributed by atoms with E-state index in [4.69, 9.17) is 9.84 Å². The molecule has 0 aromatic rings. The van der Waals surface area contributed by atoms with Gasteiger partial charge in [-0.2, -0.15) is 0 Å². The maximum Gasteiger partial charge on any atom is 0.326 e. The Morgan fingerprint density at radius 2 is 2.28 bits per heavy atom. The van der Waals surface area contributed by atoms with E-state index in [0.29, 0.717) is 26.1 Å². The Morgan fingerprint density at radius 1 is 1.56 bits per heavy atom. The minimum absolute atomic E-state index is 0.00317. The van der Waals surface area contributed by atoms with E-state index in [1.54, 1.807) is 4.90 Å². The molecular weight excluding hydrogens is 236 g/mol. The van der Waals surface area contributed by atoms with Crippen molar-refractivity contribution in [2.75, 3.05) is 19.7 Å². The monoisotopic (exact) mass is 258 g/mol. The van der Waals surface area contributed by atoms with Crippen LogP contribution in [0.2, 0.25) is 0 Å². The standard InChI is InChI=1S/C12H22N2O4/c1-3-4-5-10(11(15)16)13-12(17)14-6-7-18-9(2)8-14/h9-10H,3-8H2,1-2H3,(H,13,17)(H,15,16). The van der Waals surface area contributed by atoms with Crippen molar-refractivity contribution >= 4 is 12.0 Å². The predicted molar refractivity (Wildman–Crippen MR) is 66.5 cm³/mol. The first-order valence-electron chi connectivity index (χ1n) is 6.44. The van der Waals surface area contributed by atoms with Gasteiger partial charge >= 0.3 is 12.0 Å². The molecular formula is C12H22N2O4. The Kier molecular flexibility index (Phi) is 5.91. The van der Waals surface area contributed by atoms with Crippen LogP contribution in [-0.4, -0.2) is 53.8 Å². The molecule has 104 valence electrons. The largest absolute Gasteiger partial charge is 0.480 e. The number of rotatable bonds is 5. The van der Waals surface area contributed by atoms with Gasteiger partial charge < -0.3 is 20.1 Å². The lowest BCUT2D eigenvalue weighted by Gasteiger charge is -2.32. The molecule has 1 aliphatic rings. The van der Waals surface area contributed by atoms with Crippen molar-refractivity contribution in [1.29, 1.82) is 0 Å². The summed E-state index contributed by atoms with van der Waals surface area (Å²) in [7, 11) is 0. The van der Waals surface area contributed by atoms with E-state index in [1.165, 1.54) is 0 Å². The lowest BCUT2D eigenvalue weighted by Crippen LogP contribution is -2.52. The topological polar surface area (TPSA) is 78.9 Å². The van der Waals surface area contributed by atoms with Gasteiger partial charge in [-0.1, -0.05) is 19.8 Å². The number of ether oxygens (including phenoxy) is 1. The highest BCUT2D eigenvalue weighted by Crippen LogP contribution is 2.06. The van der Waals surface area contributed by atoms with Gasteiger partial charge in [0.05, 0.1) is 12.7 Å². The molecule has 2 unspecified atom stereocenters. The molecule has 1 saturated heterocycles. The summed E-state index contributed by atoms with van der Waals surface area (Å²) in [5.74, 6) is -0.974. The van der Waals surface area contributed by atoms with Crippen LogP contribution in [-0.2, 0) is 9.53 Å². The number of unbranched alkanes of at least 4 members (excludes halogenated alkanes) is 1. The smallest absolute Gasteiger partial charge is 0.326 e. The zero-order chi connectivity index (χ0) is 13.5. The van der Waals surface area contributed by atoms with Crippen LogP contribution in [0.15, 0.2) is 0 Å². The highest BCUT2D eigenvalue weighted by atomic mass is 16.5. The molecule has 18 heavy (non-hydrogen) atoms. The number of carboxylic acid groups (broad SMARTS) is 1. The van der Waals surface area contributed by atoms with E-state index in [-0.39, 0.29) is 12.1 Å². The number of urea groups is 1. The van der Waals surface area contributed by atoms with Crippen LogP contribution in [0.1, 0.15) is 33.1 Å². The van der Waals surface area contributed by atoms with Crippen LogP contribution in [0.4, 0.5) is 4.79 Å². The summed E-state index contributed by atoms with van der Waals surface area (Å²) in [6, 6.07) is -1.11. The van der Waals surface area contributed by atoms with E-state index in [9.17, 15) is 9.59 Å². The SMILES string of the molecule is CCCCC(NC(=O)N1CCOC(C)C1)C(=O)O. The van der Waals surface area contributed by atoms with Crippen molar-refractivity contribution in [3.8, 4) is 0 Å². The lowest BCUT2D eigenvalue weighted by atomic mass is 10.1. The van der Waals surface area contributed by atoms with E-state index in [2.05, 4.69) is 5.32 Å². The molecule has 2 N–H and O–H groups in total. The van der Waals surface area contributed by atoms with Crippen LogP contribution < -0.4 is 5.32 Å². The van der Waals surface area contributed by atoms with Crippen LogP contribution in [0, 0.1) is 0 Å². The van der Waals surface area contributed by atoms with Gasteiger partial charge in [0.15, 0.2) is 0 Å². The summed E-state index contributed by atoms with van der Waals surface area (Å²) < 4.78 is 5.34. The average molecular weight is 258 g/mol. The second-order valence-corrected chi connectivity index (χ2v) is 4.61. The molecule has 1 rings (SSSR count). The van der Waals surface area contributed by atoms with Crippen LogP contribution in [0.5, 0.6) is 0 Å². The molecule has 0 aliphatic carbocycles. The number of morpholine rings is 1. The second-order valence-electron chi connectivity index (χ2n) is 4.61. The van der Waals surface area contributed by atoms with Crippen LogP contribution in [0.3, 0.4) is 0 Å². The number of amides is 2. The molecule has 1 fully saturated rings. The Labute approximate surface area is 107 Å². The molecule has 2 atom stereocenters. The number of hydrogen-bond donors (Lipinski definition) is 2. The highest BCUT2D eigenvalue weighted by molar-refractivity contribution is 5.82. The fourth-order valence-corrected chi connectivity index (χ4v) is 1.91. The molecule has 1 aliphatic heterocycles. The first-order valence-corrected chi connectivity index (χ1v) is 6.44. The van der Waals surface area contributed by atoms with Gasteiger partial charge in [-0.05, 0) is 13.3 Å². The predicted octanol–water partition coefficient (Wildman–Crippen LogP) is 1.06. The minimum Gasteiger partial charge on any atom is -0.480 e. The number of carboxylic acids is 1. The molecule has 6 nitrogen and oxygen atoms in total. The number of carbonyl (C=O) groups excluding carboxylic acids is 1. The van der Waals surface area contributed by atoms with Crippen molar-refractivity contribution < 1.29 is 19.4 Å². The van der Waals surface area contributed by atoms with Gasteiger partial charge in [0.25, 0.3) is 0 Å². The third-order valence-electron chi connectivity index (χ3n) is 2.97. The van der Waals surface area contributed by atoms with Gasteiger partial charge in [-0.15, -0.1) is 0 Å². The van der Waals surface area contributed by atoms with Gasteiger partial charge in [0.2, 0.25) is 0 Å². The van der Waals surface area contributed by atoms with E-state index < -0.39 is 12.0 Å². The number of nitrogens with zero attached hydrogens (tertiary/aromatic N) is 1. The van der Waals surface area contributed by atoms with Gasteiger partial charge in [0, 0.05) is 13.1 Å². The summed E-state index contributed by atoms with van der Waals surface area (Å²) in [5, 5.41) is 11.6. The lowest BCUT2D eigenvalue weighted by molar-refractivity contribution is -0.139. The van der Waals surface area contributed by atoms with Crippen molar-refractivity contribution in [2.45, 2.75) is 45.3 Å². The van der Waals surface area contributed by atoms with Crippen LogP contribution in [0.25, 0.3) is 0 Å². The zero-order valence-corrected chi connectivity index (χ0v) is 11.0. The van der Waals surface area contributed by atoms with Crippen molar-refractivity contribution in [3.05, 3.63) is 0 Å². The minimum atomic E-state index is -0.974. The molecule has 2 amide bonds. The highest BCUT2D eigenvalue weighted by Gasteiger charge is 2.25. The van der Waals surface area contributed by atoms with Crippen molar-refractivity contribution in [1.82, 2.24) is 10.2 Å². The summed E-state index contributed by atoms with van der Waals surface area (Å²) in [4.78, 5) is 24.6. The first kappa shape index (κ1) is 14.8. The molecule has 0 bridgehead atoms. The maximum atomic E-state index is 11.9. The number of aliphatic carboxylic acids is 1. The average Bonchev–Trinajstić information content (AvgIpc) is 2.33. The fourth-order valence-electron chi connectivity index (χ4n) is 1.91. The van der Waals surface area contributed by atoms with E-state index in [0.717, 1.165) is 12.8 Å². The fraction of sp³-hybridized carbons (Fsp3) is 0.833. The quantitative estimate of drug-likeness (QED) is 0.773. The molecule has 6 heteroatoms. The Balaban J connectivity index is 2.46. The van der Waals surface area contributed by atoms with Crippen molar-refractivity contribution in [2.24, 2.45) is 0 Å². The van der Waals surface area contributed by atoms with E-state index >= 15 is 0 Å². The Hall–Kier alpha value is -1.30. The number of hydrogen-bond acceptors (Lipinski definition) is 3. The molecule has 0 aromatic heterocycles. The second kappa shape index (κ2) is 7.20. The van der Waals surface area contributed by atoms with Gasteiger partial charge in [-0.3, -0.25) is 0 Å². The summed E-state index contributed by atoms with van der Waals surface area (Å²) in [6.45, 7) is 5.40. The van der Waals surface area contributed by atoms with E-state index in [1.807, 2.05) is 13.8 Å². The zero-order valence-electron chi connectivity index (χ0n) is 11.0.